The molecule has 0 aromatic heterocycles. The Bertz CT molecular complexity index is 1100. The van der Waals surface area contributed by atoms with Crippen molar-refractivity contribution < 1.29 is 29.6 Å². The lowest BCUT2D eigenvalue weighted by molar-refractivity contribution is 0.0210. The van der Waals surface area contributed by atoms with Crippen LogP contribution in [-0.2, 0) is 0 Å². The van der Waals surface area contributed by atoms with Crippen molar-refractivity contribution in [3.05, 3.63) is 64.7 Å². The molecule has 0 radical (unpaired) electrons. The Morgan fingerprint density at radius 2 is 1.94 bits per heavy atom. The Morgan fingerprint density at radius 3 is 2.65 bits per heavy atom. The molecule has 31 heavy (non-hydrogen) atoms. The molecule has 0 saturated heterocycles. The lowest BCUT2D eigenvalue weighted by Gasteiger charge is -2.35. The van der Waals surface area contributed by atoms with Crippen LogP contribution < -0.4 is 9.47 Å². The maximum Gasteiger partial charge on any atom is 0.199 e. The van der Waals surface area contributed by atoms with Crippen LogP contribution in [0.2, 0.25) is 0 Å². The third-order valence-electron chi connectivity index (χ3n) is 5.69. The van der Waals surface area contributed by atoms with Gasteiger partial charge in [-0.25, -0.2) is 0 Å². The Labute approximate surface area is 181 Å². The molecular formula is C25H26O6. The molecule has 0 aliphatic carbocycles. The fraction of sp³-hybridized carbons (Fsp3) is 0.320. The third kappa shape index (κ3) is 3.91. The smallest absolute Gasteiger partial charge is 0.199 e. The van der Waals surface area contributed by atoms with Crippen LogP contribution in [0.3, 0.4) is 0 Å². The Balaban J connectivity index is 1.68. The van der Waals surface area contributed by atoms with Crippen molar-refractivity contribution in [2.75, 3.05) is 0 Å². The number of phenolic OH excluding ortho intramolecular Hbond substituents is 2. The molecule has 0 spiro atoms. The van der Waals surface area contributed by atoms with Gasteiger partial charge in [0.05, 0.1) is 11.1 Å². The Hall–Kier alpha value is -3.25. The van der Waals surface area contributed by atoms with E-state index in [1.165, 1.54) is 23.8 Å². The van der Waals surface area contributed by atoms with Gasteiger partial charge in [-0.3, -0.25) is 4.79 Å². The lowest BCUT2D eigenvalue weighted by atomic mass is 9.89. The fourth-order valence-electron chi connectivity index (χ4n) is 3.93. The molecule has 2 heterocycles. The number of Topliss-reactive ketones (excluding diaryl/α,β-unsaturated/α-hetero) is 1. The number of phenols is 2. The quantitative estimate of drug-likeness (QED) is 0.489. The molecule has 4 rings (SSSR count). The molecule has 0 amide bonds. The number of ketones is 1. The van der Waals surface area contributed by atoms with Gasteiger partial charge in [-0.15, -0.1) is 0 Å². The molecule has 0 saturated carbocycles. The second-order valence-corrected chi connectivity index (χ2v) is 8.52. The van der Waals surface area contributed by atoms with E-state index in [2.05, 4.69) is 19.9 Å². The van der Waals surface area contributed by atoms with Gasteiger partial charge in [0.1, 0.15) is 17.1 Å². The molecule has 6 nitrogen and oxygen atoms in total. The van der Waals surface area contributed by atoms with Crippen molar-refractivity contribution in [2.45, 2.75) is 51.4 Å². The minimum atomic E-state index is -1.43. The van der Waals surface area contributed by atoms with Crippen LogP contribution in [0.1, 0.15) is 61.2 Å². The second-order valence-electron chi connectivity index (χ2n) is 8.52. The number of benzene rings is 2. The third-order valence-corrected chi connectivity index (χ3v) is 5.69. The van der Waals surface area contributed by atoms with Gasteiger partial charge < -0.3 is 24.8 Å². The van der Waals surface area contributed by atoms with Crippen LogP contribution in [0.4, 0.5) is 0 Å². The highest BCUT2D eigenvalue weighted by molar-refractivity contribution is 6.04. The first-order chi connectivity index (χ1) is 14.7. The van der Waals surface area contributed by atoms with E-state index in [9.17, 15) is 20.1 Å². The molecule has 162 valence electrons. The molecule has 2 aromatic rings. The number of ether oxygens (including phenoxy) is 2. The van der Waals surface area contributed by atoms with Gasteiger partial charge in [0.15, 0.2) is 29.5 Å². The summed E-state index contributed by atoms with van der Waals surface area (Å²) in [5, 5.41) is 29.9. The predicted octanol–water partition coefficient (Wildman–Crippen LogP) is 4.69. The highest BCUT2D eigenvalue weighted by atomic mass is 16.5. The Morgan fingerprint density at radius 1 is 1.16 bits per heavy atom. The topological polar surface area (TPSA) is 96.2 Å². The minimum absolute atomic E-state index is 0.284. The van der Waals surface area contributed by atoms with E-state index in [-0.39, 0.29) is 17.1 Å². The number of aliphatic hydroxyl groups is 1. The molecule has 2 aliphatic rings. The van der Waals surface area contributed by atoms with Gasteiger partial charge in [0, 0.05) is 0 Å². The van der Waals surface area contributed by atoms with E-state index in [1.54, 1.807) is 12.1 Å². The van der Waals surface area contributed by atoms with Crippen molar-refractivity contribution >= 4 is 11.9 Å². The predicted molar refractivity (Wildman–Crippen MR) is 117 cm³/mol. The summed E-state index contributed by atoms with van der Waals surface area (Å²) in [6.07, 6.45) is 5.28. The van der Waals surface area contributed by atoms with Crippen LogP contribution in [0.25, 0.3) is 6.08 Å². The summed E-state index contributed by atoms with van der Waals surface area (Å²) in [4.78, 5) is 12.9. The summed E-state index contributed by atoms with van der Waals surface area (Å²) in [5.41, 5.74) is 2.09. The molecule has 3 N–H and O–H groups in total. The van der Waals surface area contributed by atoms with Gasteiger partial charge in [0.25, 0.3) is 0 Å². The maximum atomic E-state index is 12.9. The fourth-order valence-corrected chi connectivity index (χ4v) is 3.93. The first-order valence-corrected chi connectivity index (χ1v) is 10.3. The van der Waals surface area contributed by atoms with Gasteiger partial charge in [-0.1, -0.05) is 17.7 Å². The molecule has 2 aromatic carbocycles. The number of hydrogen-bond acceptors (Lipinski definition) is 6. The van der Waals surface area contributed by atoms with E-state index in [0.717, 1.165) is 12.8 Å². The van der Waals surface area contributed by atoms with E-state index in [1.807, 2.05) is 19.1 Å². The van der Waals surface area contributed by atoms with Gasteiger partial charge in [0.2, 0.25) is 0 Å². The zero-order valence-electron chi connectivity index (χ0n) is 17.8. The summed E-state index contributed by atoms with van der Waals surface area (Å²) in [6, 6.07) is 7.42. The molecule has 0 unspecified atom stereocenters. The largest absolute Gasteiger partial charge is 0.504 e. The standard InChI is InChI=1S/C25H26O6/c1-14(2)5-4-11-25(3)12-10-16-20(31-25)9-7-17-21(28)22(29)23(30-24(16)17)15-6-8-18(26)19(27)13-15/h5-10,12-13,22-23,26-27,29H,4,11H2,1-3H3/t22-,23+,25+/m0/s1. The molecule has 3 atom stereocenters. The molecule has 0 fully saturated rings. The van der Waals surface area contributed by atoms with E-state index in [4.69, 9.17) is 9.47 Å². The first-order valence-electron chi connectivity index (χ1n) is 10.3. The van der Waals surface area contributed by atoms with Crippen molar-refractivity contribution in [2.24, 2.45) is 0 Å². The van der Waals surface area contributed by atoms with Crippen molar-refractivity contribution in [1.29, 1.82) is 0 Å². The number of carbonyl (C=O) groups excluding carboxylic acids is 1. The number of aliphatic hydroxyl groups excluding tert-OH is 1. The van der Waals surface area contributed by atoms with Crippen LogP contribution in [0.15, 0.2) is 48.1 Å². The lowest BCUT2D eigenvalue weighted by Crippen LogP contribution is -2.37. The average Bonchev–Trinajstić information content (AvgIpc) is 2.71. The SMILES string of the molecule is CC(C)=CCC[C@]1(C)C=Cc2c(ccc3c2O[C@H](c2ccc(O)c(O)c2)[C@@H](O)C3=O)O1. The number of rotatable bonds is 4. The normalized spacial score (nSPS) is 23.9. The number of hydrogen-bond donors (Lipinski definition) is 3. The zero-order chi connectivity index (χ0) is 22.3. The van der Waals surface area contributed by atoms with Crippen LogP contribution >= 0.6 is 0 Å². The maximum absolute atomic E-state index is 12.9. The monoisotopic (exact) mass is 422 g/mol. The molecular weight excluding hydrogens is 396 g/mol. The van der Waals surface area contributed by atoms with E-state index >= 15 is 0 Å². The molecule has 6 heteroatoms. The van der Waals surface area contributed by atoms with Crippen LogP contribution in [0, 0.1) is 0 Å². The van der Waals surface area contributed by atoms with Crippen molar-refractivity contribution in [1.82, 2.24) is 0 Å². The van der Waals surface area contributed by atoms with E-state index in [0.29, 0.717) is 22.6 Å². The number of fused-ring (bicyclic) bond motifs is 3. The van der Waals surface area contributed by atoms with E-state index < -0.39 is 23.6 Å². The zero-order valence-corrected chi connectivity index (χ0v) is 17.8. The first kappa shape index (κ1) is 21.0. The number of allylic oxidation sites excluding steroid dienone is 2. The Kier molecular flexibility index (Phi) is 5.27. The number of carbonyl (C=O) groups is 1. The molecule has 0 bridgehead atoms. The van der Waals surface area contributed by atoms with Crippen LogP contribution in [-0.4, -0.2) is 32.8 Å². The second kappa shape index (κ2) is 7.78. The van der Waals surface area contributed by atoms with Gasteiger partial charge >= 0.3 is 0 Å². The van der Waals surface area contributed by atoms with Crippen molar-refractivity contribution in [3.63, 3.8) is 0 Å². The summed E-state index contributed by atoms with van der Waals surface area (Å²) >= 11 is 0. The average molecular weight is 422 g/mol. The highest BCUT2D eigenvalue weighted by Crippen LogP contribution is 2.45. The number of aromatic hydroxyl groups is 2. The molecule has 2 aliphatic heterocycles. The summed E-state index contributed by atoms with van der Waals surface area (Å²) < 4.78 is 12.3. The summed E-state index contributed by atoms with van der Waals surface area (Å²) in [5.74, 6) is -0.156. The highest BCUT2D eigenvalue weighted by Gasteiger charge is 2.40. The van der Waals surface area contributed by atoms with Gasteiger partial charge in [-0.2, -0.15) is 0 Å². The summed E-state index contributed by atoms with van der Waals surface area (Å²) in [7, 11) is 0. The minimum Gasteiger partial charge on any atom is -0.504 e. The van der Waals surface area contributed by atoms with Crippen molar-refractivity contribution in [3.8, 4) is 23.0 Å². The van der Waals surface area contributed by atoms with Crippen LogP contribution in [0.5, 0.6) is 23.0 Å². The summed E-state index contributed by atoms with van der Waals surface area (Å²) in [6.45, 7) is 6.14. The van der Waals surface area contributed by atoms with Gasteiger partial charge in [-0.05, 0) is 75.6 Å².